The van der Waals surface area contributed by atoms with Crippen LogP contribution in [0.5, 0.6) is 0 Å². The first kappa shape index (κ1) is 18.2. The van der Waals surface area contributed by atoms with Crippen LogP contribution in [0.25, 0.3) is 0 Å². The van der Waals surface area contributed by atoms with E-state index in [4.69, 9.17) is 4.74 Å². The van der Waals surface area contributed by atoms with Gasteiger partial charge in [-0.05, 0) is 19.1 Å². The standard InChI is InChI=1S/C14H31NO2S/c1-4-6-7-8-9-17-11-14(16)10-15-13(3)12-18-5-2/h13-16H,4-12H2,1-3H3. The molecule has 0 saturated carbocycles. The fraction of sp³-hybridized carbons (Fsp3) is 1.00. The van der Waals surface area contributed by atoms with Crippen molar-refractivity contribution in [1.29, 1.82) is 0 Å². The van der Waals surface area contributed by atoms with Crippen molar-refractivity contribution in [2.24, 2.45) is 0 Å². The molecule has 3 nitrogen and oxygen atoms in total. The van der Waals surface area contributed by atoms with E-state index in [1.165, 1.54) is 19.3 Å². The molecule has 0 aliphatic rings. The molecule has 0 aromatic rings. The Morgan fingerprint density at radius 1 is 1.22 bits per heavy atom. The van der Waals surface area contributed by atoms with Gasteiger partial charge in [0.25, 0.3) is 0 Å². The summed E-state index contributed by atoms with van der Waals surface area (Å²) >= 11 is 1.92. The molecular formula is C14H31NO2S. The van der Waals surface area contributed by atoms with Gasteiger partial charge in [-0.15, -0.1) is 0 Å². The third-order valence-corrected chi connectivity index (χ3v) is 3.87. The van der Waals surface area contributed by atoms with Gasteiger partial charge in [-0.2, -0.15) is 11.8 Å². The van der Waals surface area contributed by atoms with Crippen LogP contribution in [0, 0.1) is 0 Å². The fourth-order valence-corrected chi connectivity index (χ4v) is 2.31. The van der Waals surface area contributed by atoms with E-state index in [1.807, 2.05) is 11.8 Å². The van der Waals surface area contributed by atoms with Crippen molar-refractivity contribution in [3.8, 4) is 0 Å². The minimum Gasteiger partial charge on any atom is -0.389 e. The van der Waals surface area contributed by atoms with E-state index >= 15 is 0 Å². The van der Waals surface area contributed by atoms with Gasteiger partial charge in [0, 0.05) is 24.9 Å². The SMILES string of the molecule is CCCCCCOCC(O)CNC(C)CSCC. The maximum absolute atomic E-state index is 9.73. The van der Waals surface area contributed by atoms with Crippen LogP contribution in [-0.4, -0.2) is 48.5 Å². The van der Waals surface area contributed by atoms with Crippen LogP contribution in [0.4, 0.5) is 0 Å². The number of ether oxygens (including phenoxy) is 1. The zero-order chi connectivity index (χ0) is 13.6. The van der Waals surface area contributed by atoms with Crippen molar-refractivity contribution in [3.63, 3.8) is 0 Å². The number of nitrogens with one attached hydrogen (secondary N) is 1. The minimum atomic E-state index is -0.384. The van der Waals surface area contributed by atoms with Crippen LogP contribution < -0.4 is 5.32 Å². The van der Waals surface area contributed by atoms with Gasteiger partial charge in [0.1, 0.15) is 0 Å². The van der Waals surface area contributed by atoms with Crippen LogP contribution in [0.15, 0.2) is 0 Å². The molecule has 0 aliphatic heterocycles. The van der Waals surface area contributed by atoms with Crippen molar-refractivity contribution < 1.29 is 9.84 Å². The van der Waals surface area contributed by atoms with E-state index in [0.717, 1.165) is 24.5 Å². The molecule has 0 heterocycles. The van der Waals surface area contributed by atoms with E-state index in [0.29, 0.717) is 19.2 Å². The van der Waals surface area contributed by atoms with Crippen LogP contribution in [-0.2, 0) is 4.74 Å². The summed E-state index contributed by atoms with van der Waals surface area (Å²) in [5.41, 5.74) is 0. The molecule has 0 aromatic heterocycles. The smallest absolute Gasteiger partial charge is 0.0897 e. The summed E-state index contributed by atoms with van der Waals surface area (Å²) in [5, 5.41) is 13.1. The summed E-state index contributed by atoms with van der Waals surface area (Å²) in [6, 6.07) is 0.453. The summed E-state index contributed by atoms with van der Waals surface area (Å²) in [5.74, 6) is 2.25. The third kappa shape index (κ3) is 12.7. The Morgan fingerprint density at radius 3 is 2.67 bits per heavy atom. The highest BCUT2D eigenvalue weighted by Gasteiger charge is 2.06. The molecule has 4 heteroatoms. The second-order valence-electron chi connectivity index (χ2n) is 4.76. The average Bonchev–Trinajstić information content (AvgIpc) is 2.38. The first-order valence-electron chi connectivity index (χ1n) is 7.27. The first-order valence-corrected chi connectivity index (χ1v) is 8.43. The van der Waals surface area contributed by atoms with Crippen molar-refractivity contribution in [1.82, 2.24) is 5.32 Å². The number of unbranched alkanes of at least 4 members (excludes halogenated alkanes) is 3. The number of aliphatic hydroxyl groups is 1. The van der Waals surface area contributed by atoms with Crippen molar-refractivity contribution >= 4 is 11.8 Å². The molecule has 2 unspecified atom stereocenters. The molecule has 2 N–H and O–H groups in total. The van der Waals surface area contributed by atoms with Gasteiger partial charge >= 0.3 is 0 Å². The lowest BCUT2D eigenvalue weighted by Gasteiger charge is -2.16. The maximum atomic E-state index is 9.73. The topological polar surface area (TPSA) is 41.5 Å². The van der Waals surface area contributed by atoms with E-state index in [1.54, 1.807) is 0 Å². The molecule has 0 aromatic carbocycles. The Morgan fingerprint density at radius 2 is 2.00 bits per heavy atom. The number of rotatable bonds is 13. The van der Waals surface area contributed by atoms with E-state index in [-0.39, 0.29) is 6.10 Å². The van der Waals surface area contributed by atoms with Crippen molar-refractivity contribution in [3.05, 3.63) is 0 Å². The zero-order valence-electron chi connectivity index (χ0n) is 12.3. The van der Waals surface area contributed by atoms with E-state index in [2.05, 4.69) is 26.1 Å². The fourth-order valence-electron chi connectivity index (χ4n) is 1.60. The van der Waals surface area contributed by atoms with Crippen LogP contribution in [0.1, 0.15) is 46.5 Å². The summed E-state index contributed by atoms with van der Waals surface area (Å²) < 4.78 is 5.46. The first-order chi connectivity index (χ1) is 8.70. The van der Waals surface area contributed by atoms with Crippen LogP contribution in [0.3, 0.4) is 0 Å². The Labute approximate surface area is 117 Å². The number of hydrogen-bond acceptors (Lipinski definition) is 4. The molecule has 110 valence electrons. The van der Waals surface area contributed by atoms with Crippen molar-refractivity contribution in [2.75, 3.05) is 31.3 Å². The van der Waals surface area contributed by atoms with Gasteiger partial charge in [-0.1, -0.05) is 33.1 Å². The molecule has 0 saturated heterocycles. The minimum absolute atomic E-state index is 0.384. The lowest BCUT2D eigenvalue weighted by Crippen LogP contribution is -2.37. The second-order valence-corrected chi connectivity index (χ2v) is 6.08. The van der Waals surface area contributed by atoms with Crippen LogP contribution >= 0.6 is 11.8 Å². The quantitative estimate of drug-likeness (QED) is 0.508. The van der Waals surface area contributed by atoms with Crippen LogP contribution in [0.2, 0.25) is 0 Å². The van der Waals surface area contributed by atoms with Gasteiger partial charge in [-0.25, -0.2) is 0 Å². The molecule has 18 heavy (non-hydrogen) atoms. The lowest BCUT2D eigenvalue weighted by atomic mass is 10.2. The third-order valence-electron chi connectivity index (χ3n) is 2.73. The van der Waals surface area contributed by atoms with Gasteiger partial charge in [0.05, 0.1) is 12.7 Å². The van der Waals surface area contributed by atoms with Gasteiger partial charge in [0.15, 0.2) is 0 Å². The lowest BCUT2D eigenvalue weighted by molar-refractivity contribution is 0.0347. The number of thioether (sulfide) groups is 1. The monoisotopic (exact) mass is 277 g/mol. The Bertz CT molecular complexity index is 170. The summed E-state index contributed by atoms with van der Waals surface area (Å²) in [7, 11) is 0. The Hall–Kier alpha value is 0.230. The number of hydrogen-bond donors (Lipinski definition) is 2. The second kappa shape index (κ2) is 13.7. The maximum Gasteiger partial charge on any atom is 0.0897 e. The molecule has 0 bridgehead atoms. The molecular weight excluding hydrogens is 246 g/mol. The van der Waals surface area contributed by atoms with Gasteiger partial charge in [0.2, 0.25) is 0 Å². The van der Waals surface area contributed by atoms with E-state index in [9.17, 15) is 5.11 Å². The summed E-state index contributed by atoms with van der Waals surface area (Å²) in [6.45, 7) is 8.37. The zero-order valence-corrected chi connectivity index (χ0v) is 13.1. The highest BCUT2D eigenvalue weighted by Crippen LogP contribution is 2.01. The Balaban J connectivity index is 3.28. The predicted molar refractivity (Wildman–Crippen MR) is 81.4 cm³/mol. The molecule has 2 atom stereocenters. The highest BCUT2D eigenvalue weighted by molar-refractivity contribution is 7.99. The normalized spacial score (nSPS) is 14.7. The van der Waals surface area contributed by atoms with Crippen molar-refractivity contribution in [2.45, 2.75) is 58.6 Å². The number of aliphatic hydroxyl groups excluding tert-OH is 1. The molecule has 0 aliphatic carbocycles. The summed E-state index contributed by atoms with van der Waals surface area (Å²) in [6.07, 6.45) is 4.48. The van der Waals surface area contributed by atoms with E-state index < -0.39 is 0 Å². The average molecular weight is 277 g/mol. The van der Waals surface area contributed by atoms with Gasteiger partial charge < -0.3 is 15.2 Å². The molecule has 0 rings (SSSR count). The molecule has 0 fully saturated rings. The summed E-state index contributed by atoms with van der Waals surface area (Å²) in [4.78, 5) is 0. The highest BCUT2D eigenvalue weighted by atomic mass is 32.2. The molecule has 0 amide bonds. The molecule has 0 spiro atoms. The Kier molecular flexibility index (Phi) is 13.8. The molecule has 0 radical (unpaired) electrons. The predicted octanol–water partition coefficient (Wildman–Crippen LogP) is 2.68. The largest absolute Gasteiger partial charge is 0.389 e. The van der Waals surface area contributed by atoms with Gasteiger partial charge in [-0.3, -0.25) is 0 Å².